The summed E-state index contributed by atoms with van der Waals surface area (Å²) in [5, 5.41) is 10.1. The first-order valence-corrected chi connectivity index (χ1v) is 16.4. The van der Waals surface area contributed by atoms with Gasteiger partial charge in [0, 0.05) is 81.8 Å². The predicted molar refractivity (Wildman–Crippen MR) is 174 cm³/mol. The molecule has 0 bridgehead atoms. The average molecular weight is 618 g/mol. The Morgan fingerprint density at radius 1 is 1.18 bits per heavy atom. The molecule has 0 atom stereocenters. The van der Waals surface area contributed by atoms with Gasteiger partial charge in [-0.15, -0.1) is 0 Å². The Bertz CT molecular complexity index is 1690. The zero-order valence-corrected chi connectivity index (χ0v) is 26.7. The van der Waals surface area contributed by atoms with E-state index in [1.165, 1.54) is 17.8 Å². The predicted octanol–water partition coefficient (Wildman–Crippen LogP) is 5.74. The molecule has 0 radical (unpaired) electrons. The van der Waals surface area contributed by atoms with Crippen LogP contribution in [0.15, 0.2) is 36.4 Å². The normalized spacial score (nSPS) is 18.3. The van der Waals surface area contributed by atoms with Crippen LogP contribution in [0.1, 0.15) is 37.6 Å². The van der Waals surface area contributed by atoms with Gasteiger partial charge in [-0.05, 0) is 69.0 Å². The minimum absolute atomic E-state index is 0.127. The molecule has 3 fully saturated rings. The highest BCUT2D eigenvalue weighted by atomic mass is 32.1. The molecule has 6 heterocycles. The Morgan fingerprint density at radius 3 is 2.64 bits per heavy atom. The van der Waals surface area contributed by atoms with Crippen molar-refractivity contribution in [2.24, 2.45) is 11.3 Å². The third-order valence-corrected chi connectivity index (χ3v) is 10.7. The smallest absolute Gasteiger partial charge is 0.225 e. The molecule has 3 aromatic heterocycles. The number of anilines is 4. The first-order valence-electron chi connectivity index (χ1n) is 15.6. The number of thiazole rings is 1. The van der Waals surface area contributed by atoms with Crippen molar-refractivity contribution < 1.29 is 13.9 Å². The number of fused-ring (bicyclic) bond motifs is 1. The number of carbonyl (C=O) groups is 1. The average Bonchev–Trinajstić information content (AvgIpc) is 3.76. The van der Waals surface area contributed by atoms with Crippen LogP contribution < -0.4 is 15.1 Å². The van der Waals surface area contributed by atoms with Gasteiger partial charge < -0.3 is 24.8 Å². The zero-order valence-electron chi connectivity index (χ0n) is 25.9. The lowest BCUT2D eigenvalue weighted by Gasteiger charge is -2.49. The van der Waals surface area contributed by atoms with Gasteiger partial charge >= 0.3 is 0 Å². The maximum Gasteiger partial charge on any atom is 0.225 e. The van der Waals surface area contributed by atoms with Crippen LogP contribution in [0.3, 0.4) is 0 Å². The zero-order chi connectivity index (χ0) is 30.6. The van der Waals surface area contributed by atoms with Crippen molar-refractivity contribution in [3.63, 3.8) is 0 Å². The van der Waals surface area contributed by atoms with E-state index in [0.29, 0.717) is 19.1 Å². The summed E-state index contributed by atoms with van der Waals surface area (Å²) < 4.78 is 21.1. The number of hydrogen-bond acceptors (Lipinski definition) is 8. The molecule has 0 unspecified atom stereocenters. The number of benzene rings is 1. The van der Waals surface area contributed by atoms with Crippen molar-refractivity contribution in [1.82, 2.24) is 19.5 Å². The van der Waals surface area contributed by atoms with Crippen molar-refractivity contribution >= 4 is 44.3 Å². The number of carbonyl (C=O) groups excluding carboxylic acids is 1. The Labute approximate surface area is 261 Å². The van der Waals surface area contributed by atoms with E-state index >= 15 is 0 Å². The Morgan fingerprint density at radius 2 is 1.93 bits per heavy atom. The number of likely N-dealkylation sites (tertiary alicyclic amines) is 1. The number of ether oxygens (including phenoxy) is 1. The number of nitrogens with zero attached hydrogens (tertiary/aromatic N) is 6. The van der Waals surface area contributed by atoms with Crippen molar-refractivity contribution in [1.29, 1.82) is 0 Å². The molecule has 1 N–H and O–H groups in total. The summed E-state index contributed by atoms with van der Waals surface area (Å²) in [5.74, 6) is 0.182. The number of halogens is 1. The fourth-order valence-electron chi connectivity index (χ4n) is 7.17. The fraction of sp³-hybridized carbons (Fsp3) is 0.485. The summed E-state index contributed by atoms with van der Waals surface area (Å²) in [7, 11) is 3.94. The van der Waals surface area contributed by atoms with Gasteiger partial charge in [0.25, 0.3) is 0 Å². The topological polar surface area (TPSA) is 78.2 Å². The van der Waals surface area contributed by atoms with Gasteiger partial charge in [0.15, 0.2) is 5.13 Å². The molecule has 1 aromatic carbocycles. The third-order valence-electron chi connectivity index (χ3n) is 9.60. The highest BCUT2D eigenvalue weighted by molar-refractivity contribution is 7.20. The van der Waals surface area contributed by atoms with E-state index in [9.17, 15) is 9.18 Å². The van der Waals surface area contributed by atoms with E-state index in [2.05, 4.69) is 46.0 Å². The first kappa shape index (κ1) is 29.0. The summed E-state index contributed by atoms with van der Waals surface area (Å²) in [4.78, 5) is 24.8. The van der Waals surface area contributed by atoms with E-state index < -0.39 is 0 Å². The molecule has 1 spiro atoms. The largest absolute Gasteiger partial charge is 0.381 e. The van der Waals surface area contributed by atoms with Gasteiger partial charge in [-0.3, -0.25) is 4.79 Å². The van der Waals surface area contributed by atoms with Gasteiger partial charge in [0.1, 0.15) is 16.5 Å². The molecule has 0 saturated carbocycles. The Hall–Kier alpha value is -3.70. The van der Waals surface area contributed by atoms with Crippen LogP contribution in [0, 0.1) is 24.1 Å². The van der Waals surface area contributed by atoms with E-state index in [4.69, 9.17) is 14.8 Å². The lowest BCUT2D eigenvalue weighted by atomic mass is 9.78. The summed E-state index contributed by atoms with van der Waals surface area (Å²) in [5.41, 5.74) is 7.23. The molecule has 0 aliphatic carbocycles. The van der Waals surface area contributed by atoms with E-state index in [1.807, 2.05) is 18.6 Å². The maximum atomic E-state index is 13.6. The molecule has 3 aliphatic heterocycles. The van der Waals surface area contributed by atoms with Crippen molar-refractivity contribution in [3.8, 4) is 11.3 Å². The van der Waals surface area contributed by atoms with E-state index in [-0.39, 0.29) is 17.2 Å². The lowest BCUT2D eigenvalue weighted by Crippen LogP contribution is -2.61. The van der Waals surface area contributed by atoms with Crippen LogP contribution in [0.5, 0.6) is 0 Å². The second-order valence-corrected chi connectivity index (χ2v) is 13.5. The lowest BCUT2D eigenvalue weighted by molar-refractivity contribution is -0.149. The third kappa shape index (κ3) is 4.99. The molecule has 44 heavy (non-hydrogen) atoms. The fourth-order valence-corrected chi connectivity index (χ4v) is 8.08. The number of nitrogens with one attached hydrogen (secondary N) is 1. The Balaban J connectivity index is 1.15. The number of aryl methyl sites for hydroxylation is 2. The molecular formula is C33H40FN7O2S. The molecule has 232 valence electrons. The summed E-state index contributed by atoms with van der Waals surface area (Å²) in [6.45, 7) is 9.30. The van der Waals surface area contributed by atoms with Crippen LogP contribution in [-0.4, -0.2) is 78.9 Å². The van der Waals surface area contributed by atoms with Gasteiger partial charge in [0.2, 0.25) is 5.91 Å². The van der Waals surface area contributed by atoms with E-state index in [0.717, 1.165) is 95.8 Å². The van der Waals surface area contributed by atoms with Gasteiger partial charge in [0.05, 0.1) is 16.9 Å². The molecule has 7 rings (SSSR count). The van der Waals surface area contributed by atoms with Crippen molar-refractivity contribution in [2.75, 3.05) is 68.6 Å². The summed E-state index contributed by atoms with van der Waals surface area (Å²) in [6.07, 6.45) is 3.58. The molecule has 4 aromatic rings. The van der Waals surface area contributed by atoms with E-state index in [1.54, 1.807) is 23.5 Å². The van der Waals surface area contributed by atoms with Crippen LogP contribution in [0.2, 0.25) is 0 Å². The molecular weight excluding hydrogens is 577 g/mol. The van der Waals surface area contributed by atoms with Crippen LogP contribution in [0.25, 0.3) is 16.8 Å². The molecule has 11 heteroatoms. The Kier molecular flexibility index (Phi) is 7.48. The quantitative estimate of drug-likeness (QED) is 0.283. The standard InChI is InChI=1S/C33H40FN7O2S/c1-5-26-29(38(4)32-36-28(30(35-3)44-32)22-6-8-24(34)9-7-22)27-17-25(16-21(2)41(27)37-26)39-13-12-33(18-39)19-40(20-33)31(42)23-10-14-43-15-11-23/h6-9,16-17,23,35H,5,10-15,18-20H2,1-4H3. The minimum Gasteiger partial charge on any atom is -0.381 e. The molecule has 1 amide bonds. The number of amides is 1. The highest BCUT2D eigenvalue weighted by Gasteiger charge is 2.50. The van der Waals surface area contributed by atoms with Gasteiger partial charge in [-0.25, -0.2) is 13.9 Å². The van der Waals surface area contributed by atoms with Gasteiger partial charge in [-0.2, -0.15) is 5.10 Å². The second kappa shape index (κ2) is 11.3. The monoisotopic (exact) mass is 617 g/mol. The number of hydrogen-bond donors (Lipinski definition) is 1. The second-order valence-electron chi connectivity index (χ2n) is 12.5. The molecule has 3 saturated heterocycles. The van der Waals surface area contributed by atoms with Crippen molar-refractivity contribution in [2.45, 2.75) is 39.5 Å². The molecule has 9 nitrogen and oxygen atoms in total. The van der Waals surface area contributed by atoms with Gasteiger partial charge in [-0.1, -0.05) is 18.3 Å². The summed E-state index contributed by atoms with van der Waals surface area (Å²) in [6, 6.07) is 11.0. The summed E-state index contributed by atoms with van der Waals surface area (Å²) >= 11 is 1.57. The number of pyridine rings is 1. The number of aromatic nitrogens is 3. The van der Waals surface area contributed by atoms with Crippen LogP contribution in [0.4, 0.5) is 25.9 Å². The van der Waals surface area contributed by atoms with Crippen LogP contribution >= 0.6 is 11.3 Å². The highest BCUT2D eigenvalue weighted by Crippen LogP contribution is 2.44. The minimum atomic E-state index is -0.264. The number of rotatable bonds is 7. The first-order chi connectivity index (χ1) is 21.3. The van der Waals surface area contributed by atoms with Crippen molar-refractivity contribution in [3.05, 3.63) is 53.6 Å². The molecule has 3 aliphatic rings. The van der Waals surface area contributed by atoms with Crippen LogP contribution in [-0.2, 0) is 16.0 Å². The SMILES string of the molecule is CCc1nn2c(C)cc(N3CCC4(CN(C(=O)C5CCOCC5)C4)C3)cc2c1N(C)c1nc(-c2ccc(F)cc2)c(NC)s1. The maximum absolute atomic E-state index is 13.6.